The molecular weight excluding hydrogens is 602 g/mol. The summed E-state index contributed by atoms with van der Waals surface area (Å²) in [7, 11) is 3.20. The standard InChI is InChI=1S/C35H37N5O5S/c1-23-9-8-12-27(19-23)40-35-32(33(36-40)25-10-6-5-7-11-25)34(26-13-14-28(44-3)29(20-26)45-4)46-22-31(43)39(35)21-30(42)38-17-15-37(16-18-38)24(2)41/h5-14,19-20,34H,15-18,21-22H2,1-4H3/t34-/m1/s1. The molecule has 0 aliphatic carbocycles. The lowest BCUT2D eigenvalue weighted by atomic mass is 9.99. The van der Waals surface area contributed by atoms with E-state index in [1.807, 2.05) is 84.4 Å². The lowest BCUT2D eigenvalue weighted by Gasteiger charge is -2.35. The Balaban J connectivity index is 1.53. The third kappa shape index (κ3) is 6.06. The minimum atomic E-state index is -0.313. The smallest absolute Gasteiger partial charge is 0.242 e. The first-order valence-electron chi connectivity index (χ1n) is 15.2. The normalized spacial score (nSPS) is 16.6. The van der Waals surface area contributed by atoms with Gasteiger partial charge in [-0.05, 0) is 42.3 Å². The van der Waals surface area contributed by atoms with Crippen molar-refractivity contribution in [3.63, 3.8) is 0 Å². The number of hydrogen-bond donors (Lipinski definition) is 0. The maximum atomic E-state index is 14.1. The van der Waals surface area contributed by atoms with Crippen LogP contribution in [0, 0.1) is 6.92 Å². The molecule has 10 nitrogen and oxygen atoms in total. The molecular formula is C35H37N5O5S. The quantitative estimate of drug-likeness (QED) is 0.289. The zero-order valence-electron chi connectivity index (χ0n) is 26.4. The molecule has 46 heavy (non-hydrogen) atoms. The zero-order chi connectivity index (χ0) is 32.4. The second kappa shape index (κ2) is 13.3. The van der Waals surface area contributed by atoms with Gasteiger partial charge >= 0.3 is 0 Å². The molecule has 4 aromatic rings. The number of fused-ring (bicyclic) bond motifs is 1. The van der Waals surface area contributed by atoms with E-state index in [0.717, 1.165) is 33.6 Å². The summed E-state index contributed by atoms with van der Waals surface area (Å²) in [6, 6.07) is 23.7. The number of rotatable bonds is 7. The van der Waals surface area contributed by atoms with Gasteiger partial charge in [-0.3, -0.25) is 19.3 Å². The van der Waals surface area contributed by atoms with Gasteiger partial charge in [-0.25, -0.2) is 4.68 Å². The van der Waals surface area contributed by atoms with E-state index in [-0.39, 0.29) is 35.3 Å². The van der Waals surface area contributed by atoms with E-state index in [4.69, 9.17) is 14.6 Å². The Kier molecular flexibility index (Phi) is 9.03. The summed E-state index contributed by atoms with van der Waals surface area (Å²) in [6.45, 7) is 5.19. The summed E-state index contributed by atoms with van der Waals surface area (Å²) in [6.07, 6.45) is 0. The van der Waals surface area contributed by atoms with E-state index in [2.05, 4.69) is 0 Å². The summed E-state index contributed by atoms with van der Waals surface area (Å²) >= 11 is 1.50. The minimum absolute atomic E-state index is 0.00633. The van der Waals surface area contributed by atoms with Crippen molar-refractivity contribution in [2.75, 3.05) is 57.6 Å². The number of nitrogens with zero attached hydrogens (tertiary/aromatic N) is 5. The van der Waals surface area contributed by atoms with Crippen LogP contribution in [-0.2, 0) is 14.4 Å². The predicted molar refractivity (Wildman–Crippen MR) is 179 cm³/mol. The summed E-state index contributed by atoms with van der Waals surface area (Å²) in [5.74, 6) is 1.55. The van der Waals surface area contributed by atoms with Crippen LogP contribution in [0.15, 0.2) is 72.8 Å². The molecule has 6 rings (SSSR count). The number of benzene rings is 3. The molecule has 1 aromatic heterocycles. The average molecular weight is 640 g/mol. The van der Waals surface area contributed by atoms with Crippen molar-refractivity contribution in [2.45, 2.75) is 19.1 Å². The molecule has 1 fully saturated rings. The van der Waals surface area contributed by atoms with Crippen molar-refractivity contribution in [1.29, 1.82) is 0 Å². The van der Waals surface area contributed by atoms with Gasteiger partial charge < -0.3 is 19.3 Å². The molecule has 3 heterocycles. The first kappa shape index (κ1) is 31.2. The highest BCUT2D eigenvalue weighted by Crippen LogP contribution is 2.49. The number of methoxy groups -OCH3 is 2. The van der Waals surface area contributed by atoms with Gasteiger partial charge in [-0.15, -0.1) is 11.8 Å². The summed E-state index contributed by atoms with van der Waals surface area (Å²) < 4.78 is 13.0. The maximum Gasteiger partial charge on any atom is 0.242 e. The number of ether oxygens (including phenoxy) is 2. The molecule has 2 aliphatic heterocycles. The average Bonchev–Trinajstić information content (AvgIpc) is 3.41. The summed E-state index contributed by atoms with van der Waals surface area (Å²) in [5, 5.41) is 4.87. The number of hydrogen-bond acceptors (Lipinski definition) is 7. The van der Waals surface area contributed by atoms with Crippen LogP contribution in [0.4, 0.5) is 5.82 Å². The lowest BCUT2D eigenvalue weighted by Crippen LogP contribution is -2.53. The van der Waals surface area contributed by atoms with Crippen LogP contribution < -0.4 is 14.4 Å². The lowest BCUT2D eigenvalue weighted by molar-refractivity contribution is -0.137. The van der Waals surface area contributed by atoms with Crippen molar-refractivity contribution >= 4 is 35.3 Å². The number of aromatic nitrogens is 2. The molecule has 0 unspecified atom stereocenters. The number of anilines is 1. The minimum Gasteiger partial charge on any atom is -0.493 e. The van der Waals surface area contributed by atoms with Crippen LogP contribution in [0.3, 0.4) is 0 Å². The van der Waals surface area contributed by atoms with Gasteiger partial charge in [0.15, 0.2) is 11.5 Å². The molecule has 0 bridgehead atoms. The van der Waals surface area contributed by atoms with Gasteiger partial charge in [0.2, 0.25) is 17.7 Å². The molecule has 0 saturated carbocycles. The van der Waals surface area contributed by atoms with Gasteiger partial charge in [0.25, 0.3) is 0 Å². The molecule has 2 aliphatic rings. The molecule has 1 atom stereocenters. The van der Waals surface area contributed by atoms with E-state index in [1.165, 1.54) is 18.7 Å². The van der Waals surface area contributed by atoms with E-state index in [1.54, 1.807) is 28.9 Å². The Labute approximate surface area is 272 Å². The number of carbonyl (C=O) groups is 3. The van der Waals surface area contributed by atoms with Gasteiger partial charge in [0, 0.05) is 44.2 Å². The van der Waals surface area contributed by atoms with E-state index >= 15 is 0 Å². The SMILES string of the molecule is COc1ccc([C@H]2SCC(=O)N(CC(=O)N3CCN(C(C)=O)CC3)c3c2c(-c2ccccc2)nn3-c2cccc(C)c2)cc1OC. The summed E-state index contributed by atoms with van der Waals surface area (Å²) in [4.78, 5) is 45.0. The highest BCUT2D eigenvalue weighted by Gasteiger charge is 2.39. The number of amides is 3. The van der Waals surface area contributed by atoms with E-state index in [0.29, 0.717) is 43.5 Å². The third-order valence-electron chi connectivity index (χ3n) is 8.46. The highest BCUT2D eigenvalue weighted by atomic mass is 32.2. The molecule has 238 valence electrons. The molecule has 0 radical (unpaired) electrons. The van der Waals surface area contributed by atoms with Crippen molar-refractivity contribution in [2.24, 2.45) is 0 Å². The van der Waals surface area contributed by atoms with Crippen LogP contribution in [0.25, 0.3) is 16.9 Å². The second-order valence-corrected chi connectivity index (χ2v) is 12.5. The fourth-order valence-electron chi connectivity index (χ4n) is 6.05. The third-order valence-corrected chi connectivity index (χ3v) is 9.72. The van der Waals surface area contributed by atoms with E-state index < -0.39 is 0 Å². The number of thioether (sulfide) groups is 1. The van der Waals surface area contributed by atoms with Gasteiger partial charge in [0.1, 0.15) is 12.4 Å². The van der Waals surface area contributed by atoms with Crippen LogP contribution in [0.2, 0.25) is 0 Å². The van der Waals surface area contributed by atoms with Crippen LogP contribution in [0.5, 0.6) is 11.5 Å². The Morgan fingerprint density at radius 3 is 2.28 bits per heavy atom. The Bertz CT molecular complexity index is 1770. The van der Waals surface area contributed by atoms with Gasteiger partial charge in [0.05, 0.1) is 36.6 Å². The number of aryl methyl sites for hydroxylation is 1. The maximum absolute atomic E-state index is 14.1. The van der Waals surface area contributed by atoms with Gasteiger partial charge in [-0.1, -0.05) is 48.5 Å². The van der Waals surface area contributed by atoms with Crippen LogP contribution >= 0.6 is 11.8 Å². The predicted octanol–water partition coefficient (Wildman–Crippen LogP) is 4.72. The second-order valence-electron chi connectivity index (χ2n) is 11.4. The Hall–Kier alpha value is -4.77. The van der Waals surface area contributed by atoms with Crippen molar-refractivity contribution in [1.82, 2.24) is 19.6 Å². The Morgan fingerprint density at radius 1 is 0.891 bits per heavy atom. The van der Waals surface area contributed by atoms with Crippen LogP contribution in [-0.4, -0.2) is 90.0 Å². The first-order valence-corrected chi connectivity index (χ1v) is 16.3. The largest absolute Gasteiger partial charge is 0.493 e. The summed E-state index contributed by atoms with van der Waals surface area (Å²) in [5.41, 5.74) is 5.22. The fraction of sp³-hybridized carbons (Fsp3) is 0.314. The van der Waals surface area contributed by atoms with Gasteiger partial charge in [-0.2, -0.15) is 5.10 Å². The van der Waals surface area contributed by atoms with Crippen molar-refractivity contribution < 1.29 is 23.9 Å². The molecule has 3 amide bonds. The van der Waals surface area contributed by atoms with Crippen LogP contribution in [0.1, 0.15) is 28.9 Å². The topological polar surface area (TPSA) is 97.2 Å². The fourth-order valence-corrected chi connectivity index (χ4v) is 7.24. The highest BCUT2D eigenvalue weighted by molar-refractivity contribution is 8.00. The first-order chi connectivity index (χ1) is 22.3. The molecule has 11 heteroatoms. The van der Waals surface area contributed by atoms with E-state index in [9.17, 15) is 14.4 Å². The Morgan fingerprint density at radius 2 is 1.61 bits per heavy atom. The molecule has 3 aromatic carbocycles. The zero-order valence-corrected chi connectivity index (χ0v) is 27.3. The number of carbonyl (C=O) groups excluding carboxylic acids is 3. The monoisotopic (exact) mass is 639 g/mol. The van der Waals surface area contributed by atoms with Crippen molar-refractivity contribution in [3.05, 3.63) is 89.5 Å². The molecule has 0 N–H and O–H groups in total. The number of piperazine rings is 1. The molecule has 0 spiro atoms. The van der Waals surface area contributed by atoms with Crippen molar-refractivity contribution in [3.8, 4) is 28.4 Å². The molecule has 1 saturated heterocycles.